The number of hydrogen-bond acceptors (Lipinski definition) is 4. The first-order valence-corrected chi connectivity index (χ1v) is 15.6. The summed E-state index contributed by atoms with van der Waals surface area (Å²) in [5, 5.41) is 0. The third-order valence-electron chi connectivity index (χ3n) is 8.43. The van der Waals surface area contributed by atoms with Crippen LogP contribution in [0.25, 0.3) is 5.69 Å². The molecule has 0 fully saturated rings. The lowest BCUT2D eigenvalue weighted by Gasteiger charge is -2.40. The van der Waals surface area contributed by atoms with Crippen molar-refractivity contribution in [3.05, 3.63) is 107 Å². The molecule has 0 spiro atoms. The van der Waals surface area contributed by atoms with Crippen LogP contribution in [0.5, 0.6) is 11.5 Å². The summed E-state index contributed by atoms with van der Waals surface area (Å²) in [7, 11) is 3.25. The number of unbranched alkanes of at least 4 members (excludes halogenated alkanes) is 3. The molecule has 7 heteroatoms. The molecule has 5 rings (SSSR count). The molecule has 2 heterocycles. The molecule has 1 atom stereocenters. The van der Waals surface area contributed by atoms with Gasteiger partial charge in [0.05, 0.1) is 31.3 Å². The molecule has 0 saturated carbocycles. The van der Waals surface area contributed by atoms with E-state index in [4.69, 9.17) is 9.47 Å². The highest BCUT2D eigenvalue weighted by Gasteiger charge is 2.39. The molecule has 1 aliphatic rings. The summed E-state index contributed by atoms with van der Waals surface area (Å²) < 4.78 is 13.5. The van der Waals surface area contributed by atoms with E-state index in [-0.39, 0.29) is 24.4 Å². The van der Waals surface area contributed by atoms with Crippen molar-refractivity contribution in [2.75, 3.05) is 25.7 Å². The fourth-order valence-electron chi connectivity index (χ4n) is 6.06. The van der Waals surface area contributed by atoms with Crippen molar-refractivity contribution in [1.29, 1.82) is 0 Å². The number of carbonyl (C=O) groups is 2. The Hall–Kier alpha value is -4.52. The fraction of sp³-hybridized carbons (Fsp3) is 0.351. The first-order chi connectivity index (χ1) is 21.4. The van der Waals surface area contributed by atoms with Crippen molar-refractivity contribution in [2.45, 2.75) is 65.0 Å². The number of aromatic nitrogens is 1. The number of benzene rings is 3. The first kappa shape index (κ1) is 30.9. The van der Waals surface area contributed by atoms with E-state index in [0.717, 1.165) is 35.5 Å². The average molecular weight is 594 g/mol. The second kappa shape index (κ2) is 13.8. The number of fused-ring (bicyclic) bond motifs is 3. The third kappa shape index (κ3) is 6.23. The number of ether oxygens (including phenoxy) is 2. The maximum absolute atomic E-state index is 14.6. The van der Waals surface area contributed by atoms with E-state index in [2.05, 4.69) is 11.5 Å². The van der Waals surface area contributed by atoms with Gasteiger partial charge in [-0.2, -0.15) is 0 Å². The van der Waals surface area contributed by atoms with Gasteiger partial charge in [-0.3, -0.25) is 14.5 Å². The van der Waals surface area contributed by atoms with Crippen molar-refractivity contribution in [1.82, 2.24) is 9.47 Å². The lowest BCUT2D eigenvalue weighted by molar-refractivity contribution is -0.120. The summed E-state index contributed by atoms with van der Waals surface area (Å²) in [5.74, 6) is 0.967. The number of hydrogen-bond donors (Lipinski definition) is 0. The highest BCUT2D eigenvalue weighted by atomic mass is 16.5. The Bertz CT molecular complexity index is 1590. The van der Waals surface area contributed by atoms with Crippen LogP contribution in [0.4, 0.5) is 5.69 Å². The molecule has 1 aromatic heterocycles. The van der Waals surface area contributed by atoms with Crippen LogP contribution in [0.15, 0.2) is 85.1 Å². The summed E-state index contributed by atoms with van der Waals surface area (Å²) in [6.07, 6.45) is 7.83. The zero-order valence-electron chi connectivity index (χ0n) is 26.5. The quantitative estimate of drug-likeness (QED) is 0.159. The van der Waals surface area contributed by atoms with Gasteiger partial charge >= 0.3 is 0 Å². The van der Waals surface area contributed by atoms with Crippen molar-refractivity contribution >= 4 is 17.5 Å². The summed E-state index contributed by atoms with van der Waals surface area (Å²) in [4.78, 5) is 31.9. The summed E-state index contributed by atoms with van der Waals surface area (Å²) in [6.45, 7) is 6.03. The number of carbonyl (C=O) groups excluding carboxylic acids is 2. The van der Waals surface area contributed by atoms with Gasteiger partial charge in [0.25, 0.3) is 5.91 Å². The molecular formula is C37H43N3O4. The van der Waals surface area contributed by atoms with Gasteiger partial charge in [-0.05, 0) is 86.8 Å². The molecule has 230 valence electrons. The van der Waals surface area contributed by atoms with E-state index in [1.54, 1.807) is 19.1 Å². The molecule has 7 nitrogen and oxygen atoms in total. The number of nitrogens with zero attached hydrogens (tertiary/aromatic N) is 3. The molecule has 0 N–H and O–H groups in total. The minimum atomic E-state index is -0.506. The molecule has 0 bridgehead atoms. The van der Waals surface area contributed by atoms with Crippen LogP contribution in [0.2, 0.25) is 0 Å². The van der Waals surface area contributed by atoms with Crippen LogP contribution >= 0.6 is 0 Å². The zero-order chi connectivity index (χ0) is 31.2. The van der Waals surface area contributed by atoms with E-state index in [1.807, 2.05) is 104 Å². The van der Waals surface area contributed by atoms with Crippen LogP contribution in [-0.4, -0.2) is 48.1 Å². The Morgan fingerprint density at radius 2 is 1.61 bits per heavy atom. The molecular weight excluding hydrogens is 550 g/mol. The topological polar surface area (TPSA) is 64.0 Å². The maximum atomic E-state index is 14.6. The van der Waals surface area contributed by atoms with Crippen molar-refractivity contribution in [3.63, 3.8) is 0 Å². The number of aryl methyl sites for hydroxylation is 1. The molecule has 0 radical (unpaired) electrons. The van der Waals surface area contributed by atoms with Crippen LogP contribution in [0.1, 0.15) is 79.7 Å². The lowest BCUT2D eigenvalue weighted by Crippen LogP contribution is -2.48. The van der Waals surface area contributed by atoms with Gasteiger partial charge in [-0.15, -0.1) is 0 Å². The van der Waals surface area contributed by atoms with Crippen LogP contribution in [-0.2, 0) is 11.2 Å². The number of amides is 2. The molecule has 1 aliphatic heterocycles. The highest BCUT2D eigenvalue weighted by Crippen LogP contribution is 2.45. The maximum Gasteiger partial charge on any atom is 0.254 e. The minimum absolute atomic E-state index is 0.0763. The first-order valence-electron chi connectivity index (χ1n) is 15.6. The van der Waals surface area contributed by atoms with Gasteiger partial charge in [0.2, 0.25) is 5.91 Å². The number of methoxy groups -OCH3 is 2. The van der Waals surface area contributed by atoms with Crippen molar-refractivity contribution in [3.8, 4) is 17.2 Å². The molecule has 2 amide bonds. The number of para-hydroxylation sites is 2. The molecule has 0 saturated heterocycles. The normalized spacial score (nSPS) is 13.8. The van der Waals surface area contributed by atoms with E-state index in [9.17, 15) is 9.59 Å². The second-order valence-electron chi connectivity index (χ2n) is 11.6. The molecule has 0 aliphatic carbocycles. The number of rotatable bonds is 12. The van der Waals surface area contributed by atoms with Gasteiger partial charge in [-0.1, -0.05) is 50.5 Å². The highest BCUT2D eigenvalue weighted by molar-refractivity contribution is 6.03. The van der Waals surface area contributed by atoms with E-state index < -0.39 is 6.04 Å². The summed E-state index contributed by atoms with van der Waals surface area (Å²) in [5.41, 5.74) is 5.19. The van der Waals surface area contributed by atoms with Crippen molar-refractivity contribution < 1.29 is 19.1 Å². The fourth-order valence-corrected chi connectivity index (χ4v) is 6.06. The van der Waals surface area contributed by atoms with Gasteiger partial charge in [-0.25, -0.2) is 0 Å². The Kier molecular flexibility index (Phi) is 9.73. The summed E-state index contributed by atoms with van der Waals surface area (Å²) >= 11 is 0. The predicted octanol–water partition coefficient (Wildman–Crippen LogP) is 7.60. The zero-order valence-corrected chi connectivity index (χ0v) is 26.5. The Morgan fingerprint density at radius 1 is 0.864 bits per heavy atom. The Labute approximate surface area is 261 Å². The van der Waals surface area contributed by atoms with Gasteiger partial charge in [0.1, 0.15) is 24.1 Å². The predicted molar refractivity (Wildman–Crippen MR) is 175 cm³/mol. The largest absolute Gasteiger partial charge is 0.497 e. The van der Waals surface area contributed by atoms with Crippen molar-refractivity contribution in [2.24, 2.45) is 0 Å². The Balaban J connectivity index is 1.49. The molecule has 3 aromatic carbocycles. The van der Waals surface area contributed by atoms with E-state index in [1.165, 1.54) is 24.8 Å². The van der Waals surface area contributed by atoms with Crippen LogP contribution in [0.3, 0.4) is 0 Å². The van der Waals surface area contributed by atoms with E-state index in [0.29, 0.717) is 17.1 Å². The van der Waals surface area contributed by atoms with Crippen LogP contribution in [0, 0.1) is 0 Å². The number of anilines is 1. The average Bonchev–Trinajstić information content (AvgIpc) is 3.54. The smallest absolute Gasteiger partial charge is 0.254 e. The third-order valence-corrected chi connectivity index (χ3v) is 8.43. The van der Waals surface area contributed by atoms with E-state index >= 15 is 0 Å². The van der Waals surface area contributed by atoms with Gasteiger partial charge < -0.3 is 18.9 Å². The molecule has 1 unspecified atom stereocenters. The minimum Gasteiger partial charge on any atom is -0.497 e. The molecule has 4 aromatic rings. The lowest BCUT2D eigenvalue weighted by atomic mass is 9.96. The Morgan fingerprint density at radius 3 is 2.30 bits per heavy atom. The van der Waals surface area contributed by atoms with Gasteiger partial charge in [0, 0.05) is 23.4 Å². The second-order valence-corrected chi connectivity index (χ2v) is 11.6. The molecule has 44 heavy (non-hydrogen) atoms. The SMILES string of the molecule is CCCCCCc1ccc(C(=O)N(CC(=O)N2c3ccccc3-n3cccc3C2c2cc(OC)ccc2OC)C(C)C)cc1. The van der Waals surface area contributed by atoms with Gasteiger partial charge in [0.15, 0.2) is 0 Å². The monoisotopic (exact) mass is 593 g/mol. The summed E-state index contributed by atoms with van der Waals surface area (Å²) in [6, 6.07) is 24.7. The standard InChI is InChI=1S/C37H43N3O4/c1-6-7-8-9-13-27-17-19-28(20-18-27)37(42)39(26(2)3)25-35(41)40-32-15-11-10-14-31(32)38-23-12-16-33(38)36(40)30-24-29(43-4)21-22-34(30)44-5/h10-12,14-24,26,36H,6-9,13,25H2,1-5H3. The van der Waals surface area contributed by atoms with Crippen LogP contribution < -0.4 is 14.4 Å².